The number of benzene rings is 5. The number of rotatable bonds is 15. The quantitative estimate of drug-likeness (QED) is 0.0654. The minimum Gasteiger partial charge on any atom is -0.497 e. The van der Waals surface area contributed by atoms with E-state index in [0.717, 1.165) is 40.5 Å². The van der Waals surface area contributed by atoms with Gasteiger partial charge in [-0.15, -0.1) is 0 Å². The average molecular weight is 840 g/mol. The van der Waals surface area contributed by atoms with Crippen LogP contribution in [0.15, 0.2) is 121 Å². The van der Waals surface area contributed by atoms with E-state index >= 15 is 0 Å². The van der Waals surface area contributed by atoms with E-state index in [1.807, 2.05) is 48.2 Å². The fraction of sp³-hybridized carbons (Fsp3) is 0.231. The Hall–Kier alpha value is -2.13. The zero-order valence-corrected chi connectivity index (χ0v) is 34.1. The summed E-state index contributed by atoms with van der Waals surface area (Å²) in [5.74, 6) is 4.60. The van der Waals surface area contributed by atoms with Crippen molar-refractivity contribution in [1.82, 2.24) is 5.32 Å². The molecule has 0 unspecified atom stereocenters. The number of hydrogen-bond acceptors (Lipinski definition) is 5. The van der Waals surface area contributed by atoms with Crippen LogP contribution in [0.5, 0.6) is 17.2 Å². The summed E-state index contributed by atoms with van der Waals surface area (Å²) in [6.45, 7) is 4.43. The van der Waals surface area contributed by atoms with Gasteiger partial charge in [0.05, 0.1) is 26.4 Å². The summed E-state index contributed by atoms with van der Waals surface area (Å²) >= 11 is 15.1. The Kier molecular flexibility index (Phi) is 19.1. The summed E-state index contributed by atoms with van der Waals surface area (Å²) in [5.41, 5.74) is 0. The molecular formula is C39H43Cl2NO3P2RuS+2. The summed E-state index contributed by atoms with van der Waals surface area (Å²) < 4.78 is 15.9. The van der Waals surface area contributed by atoms with E-state index in [9.17, 15) is 0 Å². The van der Waals surface area contributed by atoms with Gasteiger partial charge in [0.15, 0.2) is 0 Å². The molecule has 5 aromatic carbocycles. The smallest absolute Gasteiger partial charge is 0.497 e. The molecule has 0 saturated carbocycles. The van der Waals surface area contributed by atoms with Crippen molar-refractivity contribution >= 4 is 77.3 Å². The molecule has 1 N–H and O–H groups in total. The predicted molar refractivity (Wildman–Crippen MR) is 215 cm³/mol. The summed E-state index contributed by atoms with van der Waals surface area (Å²) in [7, 11) is 3.72. The third-order valence-corrected chi connectivity index (χ3v) is 14.3. The summed E-state index contributed by atoms with van der Waals surface area (Å²) in [6, 6.07) is 41.8. The fourth-order valence-corrected chi connectivity index (χ4v) is 10.8. The van der Waals surface area contributed by atoms with Gasteiger partial charge in [0, 0.05) is 17.6 Å². The molecule has 5 rings (SSSR count). The van der Waals surface area contributed by atoms with Crippen LogP contribution < -0.4 is 46.1 Å². The number of nitrogens with one attached hydrogen (secondary N) is 1. The Bertz CT molecular complexity index is 1570. The first kappa shape index (κ1) is 41.3. The van der Waals surface area contributed by atoms with Crippen LogP contribution >= 0.6 is 50.8 Å². The van der Waals surface area contributed by atoms with Gasteiger partial charge in [-0.1, -0.05) is 115 Å². The van der Waals surface area contributed by atoms with E-state index in [1.54, 1.807) is 21.3 Å². The van der Waals surface area contributed by atoms with Gasteiger partial charge in [-0.3, -0.25) is 0 Å². The molecular weight excluding hydrogens is 796 g/mol. The molecule has 0 aliphatic carbocycles. The molecule has 0 spiro atoms. The molecule has 0 bridgehead atoms. The first-order valence-corrected chi connectivity index (χ1v) is 20.5. The van der Waals surface area contributed by atoms with E-state index in [0.29, 0.717) is 15.8 Å². The predicted octanol–water partition coefficient (Wildman–Crippen LogP) is 8.24. The molecule has 4 nitrogen and oxygen atoms in total. The van der Waals surface area contributed by atoms with Gasteiger partial charge in [0.25, 0.3) is 0 Å². The Morgan fingerprint density at radius 2 is 1.10 bits per heavy atom. The molecule has 0 radical (unpaired) electrons. The van der Waals surface area contributed by atoms with Crippen LogP contribution in [0.25, 0.3) is 0 Å². The van der Waals surface area contributed by atoms with Crippen molar-refractivity contribution < 1.29 is 33.7 Å². The molecule has 10 heteroatoms. The summed E-state index contributed by atoms with van der Waals surface area (Å²) in [4.78, 5) is 0. The topological polar surface area (TPSA) is 39.7 Å². The van der Waals surface area contributed by atoms with Gasteiger partial charge in [0.1, 0.15) is 22.3 Å². The van der Waals surface area contributed by atoms with Crippen LogP contribution in [-0.4, -0.2) is 52.1 Å². The molecule has 49 heavy (non-hydrogen) atoms. The van der Waals surface area contributed by atoms with Crippen molar-refractivity contribution in [2.45, 2.75) is 6.92 Å². The second kappa shape index (κ2) is 22.6. The van der Waals surface area contributed by atoms with Gasteiger partial charge in [-0.25, -0.2) is 0 Å². The van der Waals surface area contributed by atoms with Gasteiger partial charge in [0.2, 0.25) is 0 Å². The second-order valence-electron chi connectivity index (χ2n) is 10.4. The maximum Gasteiger partial charge on any atom is 2.00 e. The molecule has 0 fully saturated rings. The average Bonchev–Trinajstić information content (AvgIpc) is 3.15. The molecule has 0 aliphatic heterocycles. The molecule has 0 saturated heterocycles. The van der Waals surface area contributed by atoms with Crippen molar-refractivity contribution in [3.8, 4) is 17.2 Å². The number of thioether (sulfide) groups is 1. The normalized spacial score (nSPS) is 10.6. The second-order valence-corrected chi connectivity index (χ2v) is 17.1. The van der Waals surface area contributed by atoms with Crippen molar-refractivity contribution in [3.63, 3.8) is 0 Å². The number of hydrogen-bond donors (Lipinski definition) is 1. The van der Waals surface area contributed by atoms with Crippen LogP contribution in [0.3, 0.4) is 0 Å². The minimum atomic E-state index is -0.918. The van der Waals surface area contributed by atoms with Crippen LogP contribution in [0, 0.1) is 0 Å². The standard InChI is InChI=1S/C21H19Cl2O3P.C18H24NPS.Ru/c1-24-14-4-8-16(9-5-14)27(17-10-6-15(25-2)7-11-17)19-13-12-18(26-3)20(22)21(19)23;1-2-21-16-14-19-13-15-20(17-9-5-3-6-10-17)18-11-7-4-8-12-18;/h4-13H,1-3H3;3-12,19H,2,13-16H2,1H3;/q;;+2. The third-order valence-electron chi connectivity index (χ3n) is 7.42. The first-order valence-electron chi connectivity index (χ1n) is 15.8. The zero-order valence-electron chi connectivity index (χ0n) is 28.2. The first-order chi connectivity index (χ1) is 23.5. The minimum absolute atomic E-state index is 0. The summed E-state index contributed by atoms with van der Waals surface area (Å²) in [5, 5.41) is 10.7. The fourth-order valence-electron chi connectivity index (χ4n) is 4.97. The van der Waals surface area contributed by atoms with Crippen molar-refractivity contribution in [2.75, 3.05) is 52.1 Å². The van der Waals surface area contributed by atoms with Crippen LogP contribution in [-0.2, 0) is 19.5 Å². The molecule has 0 aliphatic rings. The van der Waals surface area contributed by atoms with Gasteiger partial charge >= 0.3 is 19.5 Å². The van der Waals surface area contributed by atoms with Gasteiger partial charge in [-0.2, -0.15) is 11.8 Å². The Labute approximate surface area is 321 Å². The Morgan fingerprint density at radius 1 is 0.592 bits per heavy atom. The monoisotopic (exact) mass is 839 g/mol. The van der Waals surface area contributed by atoms with E-state index in [1.165, 1.54) is 28.3 Å². The van der Waals surface area contributed by atoms with Crippen molar-refractivity contribution in [1.29, 1.82) is 0 Å². The van der Waals surface area contributed by atoms with Gasteiger partial charge < -0.3 is 19.5 Å². The molecule has 0 aromatic heterocycles. The van der Waals surface area contributed by atoms with Crippen molar-refractivity contribution in [2.24, 2.45) is 0 Å². The van der Waals surface area contributed by atoms with Crippen molar-refractivity contribution in [3.05, 3.63) is 131 Å². The van der Waals surface area contributed by atoms with E-state index in [-0.39, 0.29) is 27.4 Å². The Morgan fingerprint density at radius 3 is 1.55 bits per heavy atom. The number of halogens is 2. The van der Waals surface area contributed by atoms with E-state index < -0.39 is 7.92 Å². The van der Waals surface area contributed by atoms with Crippen LogP contribution in [0.2, 0.25) is 10.0 Å². The Balaban J connectivity index is 0.000000268. The zero-order chi connectivity index (χ0) is 34.1. The maximum atomic E-state index is 6.64. The van der Waals surface area contributed by atoms with Crippen LogP contribution in [0.4, 0.5) is 0 Å². The van der Waals surface area contributed by atoms with E-state index in [4.69, 9.17) is 37.4 Å². The maximum absolute atomic E-state index is 6.64. The number of ether oxygens (including phenoxy) is 3. The molecule has 0 atom stereocenters. The number of methoxy groups -OCH3 is 3. The molecule has 258 valence electrons. The largest absolute Gasteiger partial charge is 2.00 e. The van der Waals surface area contributed by atoms with E-state index in [2.05, 4.69) is 97.2 Å². The van der Waals surface area contributed by atoms with Crippen LogP contribution in [0.1, 0.15) is 6.92 Å². The summed E-state index contributed by atoms with van der Waals surface area (Å²) in [6.07, 6.45) is 1.21. The SMILES string of the molecule is CCSCCNCCP(c1ccccc1)c1ccccc1.COc1ccc(P(c2ccc(OC)cc2)c2ccc(OC)c(Cl)c2Cl)cc1.[Ru+2]. The molecule has 0 heterocycles. The molecule has 5 aromatic rings. The third kappa shape index (κ3) is 12.3. The molecule has 0 amide bonds. The van der Waals surface area contributed by atoms with Gasteiger partial charge in [-0.05, 0) is 91.9 Å².